The molecule has 0 fully saturated rings. The molecule has 6 heterocycles. The number of thiophene rings is 1. The van der Waals surface area contributed by atoms with E-state index in [1.807, 2.05) is 35.8 Å². The van der Waals surface area contributed by atoms with Crippen molar-refractivity contribution < 1.29 is 0 Å². The molecule has 0 bridgehead atoms. The van der Waals surface area contributed by atoms with Gasteiger partial charge in [0.1, 0.15) is 11.0 Å². The van der Waals surface area contributed by atoms with E-state index >= 15 is 0 Å². The van der Waals surface area contributed by atoms with Crippen LogP contribution in [0.1, 0.15) is 0 Å². The Kier molecular flexibility index (Phi) is 3.50. The molecule has 6 aromatic rings. The monoisotopic (exact) mass is 395 g/mol. The second-order valence-electron chi connectivity index (χ2n) is 6.58. The second kappa shape index (κ2) is 6.32. The van der Waals surface area contributed by atoms with Crippen LogP contribution in [0.5, 0.6) is 0 Å². The van der Waals surface area contributed by atoms with Gasteiger partial charge in [0.25, 0.3) is 0 Å². The summed E-state index contributed by atoms with van der Waals surface area (Å²) in [6.45, 7) is 0. The summed E-state index contributed by atoms with van der Waals surface area (Å²) in [5.41, 5.74) is 8.01. The molecule has 138 valence electrons. The molecule has 6 aromatic heterocycles. The molecule has 0 amide bonds. The number of nitrogens with one attached hydrogen (secondary N) is 2. The van der Waals surface area contributed by atoms with E-state index in [0.29, 0.717) is 11.5 Å². The highest BCUT2D eigenvalue weighted by molar-refractivity contribution is 7.08. The van der Waals surface area contributed by atoms with Crippen LogP contribution in [0.3, 0.4) is 0 Å². The van der Waals surface area contributed by atoms with Crippen molar-refractivity contribution in [2.24, 2.45) is 0 Å². The van der Waals surface area contributed by atoms with Crippen molar-refractivity contribution in [3.63, 3.8) is 0 Å². The summed E-state index contributed by atoms with van der Waals surface area (Å²) >= 11 is 1.65. The number of aromatic nitrogens is 7. The van der Waals surface area contributed by atoms with E-state index in [2.05, 4.69) is 36.6 Å². The topological polar surface area (TPSA) is 96.0 Å². The number of hydrogen-bond acceptors (Lipinski definition) is 6. The molecule has 7 nitrogen and oxygen atoms in total. The van der Waals surface area contributed by atoms with E-state index in [1.165, 1.54) is 0 Å². The SMILES string of the molecule is c1cc(-c2ccc3[nH]nc(-c4nc5c(-c6ccsc6)cncc5[nH]4)c3n2)ccn1. The summed E-state index contributed by atoms with van der Waals surface area (Å²) in [6.07, 6.45) is 7.15. The fraction of sp³-hybridized carbons (Fsp3) is 0. The lowest BCUT2D eigenvalue weighted by atomic mass is 10.1. The van der Waals surface area contributed by atoms with Crippen molar-refractivity contribution in [3.8, 4) is 33.9 Å². The van der Waals surface area contributed by atoms with Gasteiger partial charge in [-0.25, -0.2) is 9.97 Å². The van der Waals surface area contributed by atoms with Crippen LogP contribution in [-0.2, 0) is 0 Å². The van der Waals surface area contributed by atoms with Crippen molar-refractivity contribution in [2.45, 2.75) is 0 Å². The number of aromatic amines is 2. The number of fused-ring (bicyclic) bond motifs is 2. The maximum atomic E-state index is 4.84. The lowest BCUT2D eigenvalue weighted by Gasteiger charge is -2.00. The maximum Gasteiger partial charge on any atom is 0.161 e. The first-order chi connectivity index (χ1) is 14.4. The van der Waals surface area contributed by atoms with E-state index in [9.17, 15) is 0 Å². The van der Waals surface area contributed by atoms with Gasteiger partial charge in [0.05, 0.1) is 22.9 Å². The summed E-state index contributed by atoms with van der Waals surface area (Å²) in [6, 6.07) is 9.90. The van der Waals surface area contributed by atoms with Crippen molar-refractivity contribution >= 4 is 33.4 Å². The Morgan fingerprint density at radius 1 is 0.793 bits per heavy atom. The smallest absolute Gasteiger partial charge is 0.161 e. The Hall–Kier alpha value is -3.91. The Morgan fingerprint density at radius 2 is 1.72 bits per heavy atom. The molecular formula is C21H13N7S. The molecule has 0 radical (unpaired) electrons. The summed E-state index contributed by atoms with van der Waals surface area (Å²) < 4.78 is 0. The van der Waals surface area contributed by atoms with Gasteiger partial charge < -0.3 is 4.98 Å². The number of H-pyrrole nitrogens is 2. The number of rotatable bonds is 3. The van der Waals surface area contributed by atoms with Crippen LogP contribution < -0.4 is 0 Å². The second-order valence-corrected chi connectivity index (χ2v) is 7.36. The van der Waals surface area contributed by atoms with Crippen LogP contribution in [0.25, 0.3) is 56.0 Å². The van der Waals surface area contributed by atoms with Gasteiger partial charge in [-0.1, -0.05) is 0 Å². The average Bonchev–Trinajstić information content (AvgIpc) is 3.52. The number of imidazole rings is 1. The van der Waals surface area contributed by atoms with Crippen molar-refractivity contribution in [1.29, 1.82) is 0 Å². The predicted molar refractivity (Wildman–Crippen MR) is 113 cm³/mol. The fourth-order valence-corrected chi connectivity index (χ4v) is 4.08. The molecule has 2 N–H and O–H groups in total. The highest BCUT2D eigenvalue weighted by Gasteiger charge is 2.17. The molecule has 0 unspecified atom stereocenters. The van der Waals surface area contributed by atoms with Gasteiger partial charge in [0.15, 0.2) is 11.5 Å². The van der Waals surface area contributed by atoms with E-state index in [1.54, 1.807) is 29.9 Å². The minimum absolute atomic E-state index is 0.662. The molecule has 29 heavy (non-hydrogen) atoms. The first kappa shape index (κ1) is 16.1. The van der Waals surface area contributed by atoms with E-state index in [4.69, 9.17) is 9.97 Å². The van der Waals surface area contributed by atoms with Gasteiger partial charge in [0.2, 0.25) is 0 Å². The molecule has 0 saturated carbocycles. The Labute approximate surface area is 168 Å². The van der Waals surface area contributed by atoms with E-state index in [0.717, 1.165) is 44.5 Å². The molecule has 0 spiro atoms. The summed E-state index contributed by atoms with van der Waals surface area (Å²) in [5.74, 6) is 0.662. The summed E-state index contributed by atoms with van der Waals surface area (Å²) in [5, 5.41) is 11.7. The highest BCUT2D eigenvalue weighted by atomic mass is 32.1. The lowest BCUT2D eigenvalue weighted by Crippen LogP contribution is -1.87. The summed E-state index contributed by atoms with van der Waals surface area (Å²) in [7, 11) is 0. The van der Waals surface area contributed by atoms with Crippen LogP contribution >= 0.6 is 11.3 Å². The normalized spacial score (nSPS) is 11.4. The zero-order valence-corrected chi connectivity index (χ0v) is 15.8. The summed E-state index contributed by atoms with van der Waals surface area (Å²) in [4.78, 5) is 21.5. The maximum absolute atomic E-state index is 4.84. The molecule has 0 atom stereocenters. The van der Waals surface area contributed by atoms with Gasteiger partial charge in [-0.3, -0.25) is 15.1 Å². The van der Waals surface area contributed by atoms with Gasteiger partial charge >= 0.3 is 0 Å². The fourth-order valence-electron chi connectivity index (χ4n) is 3.42. The largest absolute Gasteiger partial charge is 0.335 e. The Balaban J connectivity index is 1.53. The minimum Gasteiger partial charge on any atom is -0.335 e. The molecule has 0 aliphatic heterocycles. The zero-order valence-electron chi connectivity index (χ0n) is 15.0. The van der Waals surface area contributed by atoms with E-state index < -0.39 is 0 Å². The zero-order chi connectivity index (χ0) is 19.2. The van der Waals surface area contributed by atoms with Gasteiger partial charge in [-0.2, -0.15) is 16.4 Å². The standard InChI is InChI=1S/C21H13N7S/c1-2-16-19(24-15(1)12-3-6-22-7-4-12)20(28-27-16)21-25-17-10-23-9-14(18(17)26-21)13-5-8-29-11-13/h1-11H,(H,25,26)(H,27,28). The molecule has 6 rings (SSSR count). The van der Waals surface area contributed by atoms with Gasteiger partial charge in [-0.05, 0) is 46.7 Å². The van der Waals surface area contributed by atoms with Crippen LogP contribution in [0.2, 0.25) is 0 Å². The molecular weight excluding hydrogens is 382 g/mol. The average molecular weight is 395 g/mol. The van der Waals surface area contributed by atoms with Crippen LogP contribution in [0, 0.1) is 0 Å². The third-order valence-corrected chi connectivity index (χ3v) is 5.52. The molecule has 0 aromatic carbocycles. The van der Waals surface area contributed by atoms with Crippen LogP contribution in [0.4, 0.5) is 0 Å². The third kappa shape index (κ3) is 2.61. The number of nitrogens with zero attached hydrogens (tertiary/aromatic N) is 5. The van der Waals surface area contributed by atoms with Crippen molar-refractivity contribution in [2.75, 3.05) is 0 Å². The minimum atomic E-state index is 0.662. The number of pyridine rings is 3. The predicted octanol–water partition coefficient (Wildman–Crippen LogP) is 4.69. The molecule has 0 aliphatic carbocycles. The molecule has 0 saturated heterocycles. The van der Waals surface area contributed by atoms with Crippen molar-refractivity contribution in [1.82, 2.24) is 35.1 Å². The highest BCUT2D eigenvalue weighted by Crippen LogP contribution is 2.31. The van der Waals surface area contributed by atoms with Gasteiger partial charge in [0, 0.05) is 29.7 Å². The molecule has 0 aliphatic rings. The lowest BCUT2D eigenvalue weighted by molar-refractivity contribution is 1.10. The Morgan fingerprint density at radius 3 is 2.59 bits per heavy atom. The van der Waals surface area contributed by atoms with E-state index in [-0.39, 0.29) is 0 Å². The van der Waals surface area contributed by atoms with Gasteiger partial charge in [-0.15, -0.1) is 0 Å². The van der Waals surface area contributed by atoms with Crippen LogP contribution in [-0.4, -0.2) is 35.1 Å². The Bertz CT molecular complexity index is 1450. The first-order valence-corrected chi connectivity index (χ1v) is 9.93. The van der Waals surface area contributed by atoms with Crippen molar-refractivity contribution in [3.05, 3.63) is 65.9 Å². The van der Waals surface area contributed by atoms with Crippen LogP contribution in [0.15, 0.2) is 65.9 Å². The molecule has 8 heteroatoms. The third-order valence-electron chi connectivity index (χ3n) is 4.83. The first-order valence-electron chi connectivity index (χ1n) is 8.99. The number of hydrogen-bond donors (Lipinski definition) is 2. The quantitative estimate of drug-likeness (QED) is 0.453.